The van der Waals surface area contributed by atoms with E-state index in [2.05, 4.69) is 42.6 Å². The lowest BCUT2D eigenvalue weighted by molar-refractivity contribution is 0.173. The number of nitrogens with zero attached hydrogens (tertiary/aromatic N) is 4. The summed E-state index contributed by atoms with van der Waals surface area (Å²) >= 11 is 1.84. The number of guanidine groups is 1. The van der Waals surface area contributed by atoms with E-state index in [1.807, 2.05) is 36.7 Å². The molecule has 1 N–H and O–H groups in total. The second-order valence-corrected chi connectivity index (χ2v) is 8.53. The van der Waals surface area contributed by atoms with E-state index in [4.69, 9.17) is 4.74 Å². The van der Waals surface area contributed by atoms with Crippen molar-refractivity contribution in [1.29, 1.82) is 0 Å². The smallest absolute Gasteiger partial charge is 0.213 e. The maximum atomic E-state index is 5.79. The topological polar surface area (TPSA) is 53.0 Å². The second-order valence-electron chi connectivity index (χ2n) is 7.50. The average molecular weight is 400 g/mol. The van der Waals surface area contributed by atoms with E-state index in [1.54, 1.807) is 0 Å². The van der Waals surface area contributed by atoms with Crippen LogP contribution in [0.15, 0.2) is 40.8 Å². The molecule has 4 rings (SSSR count). The molecule has 0 aromatic carbocycles. The molecule has 1 aliphatic heterocycles. The quantitative estimate of drug-likeness (QED) is 0.573. The summed E-state index contributed by atoms with van der Waals surface area (Å²) in [6.07, 6.45) is 4.40. The van der Waals surface area contributed by atoms with Crippen molar-refractivity contribution >= 4 is 17.3 Å². The molecule has 0 spiro atoms. The van der Waals surface area contributed by atoms with Crippen LogP contribution in [0.4, 0.5) is 0 Å². The molecule has 6 nitrogen and oxygen atoms in total. The van der Waals surface area contributed by atoms with Gasteiger partial charge in [0.25, 0.3) is 0 Å². The standard InChI is InChI=1S/C21H29N5OS/c1-22-21(26-10-8-25(9-11-26)15-19-3-2-12-28-19)24-14-18-6-7-23-20(13-18)27-16-17-4-5-17/h2-3,6-7,12-13,17H,4-5,8-11,14-16H2,1H3,(H,22,24). The molecule has 2 fully saturated rings. The van der Waals surface area contributed by atoms with Crippen molar-refractivity contribution in [1.82, 2.24) is 20.1 Å². The number of aliphatic imine (C=N–C) groups is 1. The zero-order chi connectivity index (χ0) is 19.2. The summed E-state index contributed by atoms with van der Waals surface area (Å²) < 4.78 is 5.79. The number of thiophene rings is 1. The molecule has 0 unspecified atom stereocenters. The molecule has 0 radical (unpaired) electrons. The predicted octanol–water partition coefficient (Wildman–Crippen LogP) is 2.83. The summed E-state index contributed by atoms with van der Waals surface area (Å²) in [6.45, 7) is 6.69. The molecule has 1 saturated heterocycles. The third-order valence-corrected chi connectivity index (χ3v) is 6.12. The first-order chi connectivity index (χ1) is 13.8. The van der Waals surface area contributed by atoms with Gasteiger partial charge in [-0.15, -0.1) is 11.3 Å². The van der Waals surface area contributed by atoms with Gasteiger partial charge < -0.3 is 15.0 Å². The molecule has 2 aromatic heterocycles. The van der Waals surface area contributed by atoms with E-state index >= 15 is 0 Å². The maximum Gasteiger partial charge on any atom is 0.213 e. The van der Waals surface area contributed by atoms with E-state index in [0.717, 1.165) is 63.6 Å². The molecule has 3 heterocycles. The Morgan fingerprint density at radius 2 is 2.14 bits per heavy atom. The van der Waals surface area contributed by atoms with E-state index in [-0.39, 0.29) is 0 Å². The summed E-state index contributed by atoms with van der Waals surface area (Å²) in [7, 11) is 1.86. The van der Waals surface area contributed by atoms with Crippen LogP contribution in [0.3, 0.4) is 0 Å². The molecule has 150 valence electrons. The number of piperazine rings is 1. The lowest BCUT2D eigenvalue weighted by Gasteiger charge is -2.36. The van der Waals surface area contributed by atoms with Crippen LogP contribution in [0.1, 0.15) is 23.3 Å². The zero-order valence-electron chi connectivity index (χ0n) is 16.5. The zero-order valence-corrected chi connectivity index (χ0v) is 17.3. The maximum absolute atomic E-state index is 5.79. The molecular weight excluding hydrogens is 370 g/mol. The van der Waals surface area contributed by atoms with Crippen LogP contribution in [-0.4, -0.2) is 60.6 Å². The van der Waals surface area contributed by atoms with Gasteiger partial charge in [-0.25, -0.2) is 4.98 Å². The molecule has 7 heteroatoms. The van der Waals surface area contributed by atoms with Gasteiger partial charge in [0.15, 0.2) is 5.96 Å². The van der Waals surface area contributed by atoms with E-state index < -0.39 is 0 Å². The number of hydrogen-bond donors (Lipinski definition) is 1. The van der Waals surface area contributed by atoms with Crippen molar-refractivity contribution in [3.8, 4) is 5.88 Å². The van der Waals surface area contributed by atoms with Gasteiger partial charge >= 0.3 is 0 Å². The third kappa shape index (κ3) is 5.45. The van der Waals surface area contributed by atoms with Crippen molar-refractivity contribution in [2.24, 2.45) is 10.9 Å². The highest BCUT2D eigenvalue weighted by Crippen LogP contribution is 2.29. The van der Waals surface area contributed by atoms with Crippen molar-refractivity contribution in [3.05, 3.63) is 46.3 Å². The fourth-order valence-corrected chi connectivity index (χ4v) is 4.13. The minimum atomic E-state index is 0.725. The summed E-state index contributed by atoms with van der Waals surface area (Å²) in [4.78, 5) is 15.1. The van der Waals surface area contributed by atoms with Crippen LogP contribution in [0.25, 0.3) is 0 Å². The monoisotopic (exact) mass is 399 g/mol. The Morgan fingerprint density at radius 3 is 2.86 bits per heavy atom. The Labute approximate surface area is 171 Å². The van der Waals surface area contributed by atoms with Crippen LogP contribution in [0.2, 0.25) is 0 Å². The average Bonchev–Trinajstić information content (AvgIpc) is 3.43. The van der Waals surface area contributed by atoms with Gasteiger partial charge in [0, 0.05) is 63.5 Å². The highest BCUT2D eigenvalue weighted by Gasteiger charge is 2.22. The van der Waals surface area contributed by atoms with Crippen LogP contribution >= 0.6 is 11.3 Å². The molecule has 28 heavy (non-hydrogen) atoms. The summed E-state index contributed by atoms with van der Waals surface area (Å²) in [5.74, 6) is 2.43. The van der Waals surface area contributed by atoms with Crippen LogP contribution in [-0.2, 0) is 13.1 Å². The van der Waals surface area contributed by atoms with Gasteiger partial charge in [-0.3, -0.25) is 9.89 Å². The van der Waals surface area contributed by atoms with Crippen molar-refractivity contribution in [3.63, 3.8) is 0 Å². The molecule has 0 amide bonds. The Bertz CT molecular complexity index is 767. The fraction of sp³-hybridized carbons (Fsp3) is 0.524. The van der Waals surface area contributed by atoms with Crippen molar-refractivity contribution in [2.45, 2.75) is 25.9 Å². The number of nitrogens with one attached hydrogen (secondary N) is 1. The van der Waals surface area contributed by atoms with E-state index in [9.17, 15) is 0 Å². The lowest BCUT2D eigenvalue weighted by Crippen LogP contribution is -2.51. The fourth-order valence-electron chi connectivity index (χ4n) is 3.38. The first-order valence-corrected chi connectivity index (χ1v) is 11.0. The summed E-state index contributed by atoms with van der Waals surface area (Å²) in [6, 6.07) is 8.41. The number of rotatable bonds is 7. The molecule has 1 saturated carbocycles. The predicted molar refractivity (Wildman–Crippen MR) is 114 cm³/mol. The first-order valence-electron chi connectivity index (χ1n) is 10.1. The van der Waals surface area contributed by atoms with E-state index in [1.165, 1.54) is 23.3 Å². The minimum Gasteiger partial charge on any atom is -0.477 e. The number of hydrogen-bond acceptors (Lipinski definition) is 5. The SMILES string of the molecule is CN=C(NCc1ccnc(OCC2CC2)c1)N1CCN(Cc2cccs2)CC1. The van der Waals surface area contributed by atoms with E-state index in [0.29, 0.717) is 0 Å². The van der Waals surface area contributed by atoms with Gasteiger partial charge in [0.2, 0.25) is 5.88 Å². The van der Waals surface area contributed by atoms with Gasteiger partial charge in [-0.05, 0) is 41.8 Å². The molecule has 0 bridgehead atoms. The minimum absolute atomic E-state index is 0.725. The Morgan fingerprint density at radius 1 is 1.29 bits per heavy atom. The van der Waals surface area contributed by atoms with Gasteiger partial charge in [-0.2, -0.15) is 0 Å². The van der Waals surface area contributed by atoms with Crippen molar-refractivity contribution < 1.29 is 4.74 Å². The van der Waals surface area contributed by atoms with Gasteiger partial charge in [0.1, 0.15) is 0 Å². The van der Waals surface area contributed by atoms with Crippen LogP contribution in [0, 0.1) is 5.92 Å². The Balaban J connectivity index is 1.24. The lowest BCUT2D eigenvalue weighted by atomic mass is 10.2. The number of pyridine rings is 1. The highest BCUT2D eigenvalue weighted by molar-refractivity contribution is 7.09. The summed E-state index contributed by atoms with van der Waals surface area (Å²) in [5.41, 5.74) is 1.17. The van der Waals surface area contributed by atoms with Gasteiger partial charge in [-0.1, -0.05) is 6.07 Å². The molecule has 2 aliphatic rings. The summed E-state index contributed by atoms with van der Waals surface area (Å²) in [5, 5.41) is 5.65. The largest absolute Gasteiger partial charge is 0.477 e. The Hall–Kier alpha value is -2.12. The number of ether oxygens (including phenoxy) is 1. The number of aromatic nitrogens is 1. The molecular formula is C21H29N5OS. The van der Waals surface area contributed by atoms with Crippen molar-refractivity contribution in [2.75, 3.05) is 39.8 Å². The van der Waals surface area contributed by atoms with Crippen LogP contribution in [0.5, 0.6) is 5.88 Å². The van der Waals surface area contributed by atoms with Gasteiger partial charge in [0.05, 0.1) is 6.61 Å². The molecule has 0 atom stereocenters. The molecule has 2 aromatic rings. The first kappa shape index (κ1) is 19.2. The highest BCUT2D eigenvalue weighted by atomic mass is 32.1. The normalized spacial score (nSPS) is 18.3. The second kappa shape index (κ2) is 9.39. The molecule has 1 aliphatic carbocycles. The Kier molecular flexibility index (Phi) is 6.44. The van der Waals surface area contributed by atoms with Crippen LogP contribution < -0.4 is 10.1 Å². The third-order valence-electron chi connectivity index (χ3n) is 5.26.